The number of carbonyl (C=O) groups excluding carboxylic acids is 1. The summed E-state index contributed by atoms with van der Waals surface area (Å²) in [6, 6.07) is 5.99. The summed E-state index contributed by atoms with van der Waals surface area (Å²) in [7, 11) is -3.32. The molecule has 0 radical (unpaired) electrons. The number of hydrogen-bond acceptors (Lipinski definition) is 4. The maximum absolute atomic E-state index is 12.2. The summed E-state index contributed by atoms with van der Waals surface area (Å²) in [4.78, 5) is 16.3. The van der Waals surface area contributed by atoms with Gasteiger partial charge in [0.1, 0.15) is 5.69 Å². The highest BCUT2D eigenvalue weighted by Gasteiger charge is 2.15. The first-order chi connectivity index (χ1) is 8.91. The second kappa shape index (κ2) is 4.97. The quantitative estimate of drug-likeness (QED) is 0.795. The van der Waals surface area contributed by atoms with Gasteiger partial charge in [0, 0.05) is 24.6 Å². The van der Waals surface area contributed by atoms with Crippen molar-refractivity contribution in [1.29, 1.82) is 0 Å². The van der Waals surface area contributed by atoms with Crippen LogP contribution in [0.2, 0.25) is 0 Å². The van der Waals surface area contributed by atoms with E-state index in [1.54, 1.807) is 29.2 Å². The van der Waals surface area contributed by atoms with Crippen LogP contribution in [-0.2, 0) is 16.4 Å². The third-order valence-corrected chi connectivity index (χ3v) is 3.87. The molecule has 0 bridgehead atoms. The Bertz CT molecular complexity index is 717. The van der Waals surface area contributed by atoms with Crippen molar-refractivity contribution >= 4 is 15.6 Å². The Kier molecular flexibility index (Phi) is 3.53. The molecule has 1 aromatic heterocycles. The predicted octanol–water partition coefficient (Wildman–Crippen LogP) is 1.54. The van der Waals surface area contributed by atoms with E-state index in [-0.39, 0.29) is 10.7 Å². The van der Waals surface area contributed by atoms with E-state index in [0.717, 1.165) is 12.8 Å². The van der Waals surface area contributed by atoms with E-state index >= 15 is 0 Å². The third kappa shape index (κ3) is 2.90. The first-order valence-corrected chi connectivity index (χ1v) is 7.67. The molecule has 0 amide bonds. The minimum atomic E-state index is -3.32. The summed E-state index contributed by atoms with van der Waals surface area (Å²) in [6.07, 6.45) is 4.34. The van der Waals surface area contributed by atoms with Crippen LogP contribution < -0.4 is 0 Å². The summed E-state index contributed by atoms with van der Waals surface area (Å²) < 4.78 is 24.7. The van der Waals surface area contributed by atoms with Gasteiger partial charge in [-0.25, -0.2) is 13.4 Å². The van der Waals surface area contributed by atoms with Gasteiger partial charge in [0.05, 0.1) is 11.2 Å². The summed E-state index contributed by atoms with van der Waals surface area (Å²) >= 11 is 0. The van der Waals surface area contributed by atoms with Crippen molar-refractivity contribution < 1.29 is 13.2 Å². The molecule has 0 saturated heterocycles. The highest BCUT2D eigenvalue weighted by molar-refractivity contribution is 7.90. The van der Waals surface area contributed by atoms with Crippen molar-refractivity contribution in [2.75, 3.05) is 6.26 Å². The maximum Gasteiger partial charge on any atom is 0.212 e. The van der Waals surface area contributed by atoms with Crippen LogP contribution in [0.3, 0.4) is 0 Å². The molecule has 0 unspecified atom stereocenters. The first kappa shape index (κ1) is 13.5. The Labute approximate surface area is 111 Å². The Morgan fingerprint density at radius 1 is 1.37 bits per heavy atom. The van der Waals surface area contributed by atoms with Crippen molar-refractivity contribution in [2.45, 2.75) is 18.4 Å². The molecule has 0 aliphatic rings. The van der Waals surface area contributed by atoms with Crippen LogP contribution in [0, 0.1) is 0 Å². The Balaban J connectivity index is 2.39. The van der Waals surface area contributed by atoms with E-state index in [2.05, 4.69) is 4.98 Å². The van der Waals surface area contributed by atoms with Crippen LogP contribution in [0.4, 0.5) is 0 Å². The van der Waals surface area contributed by atoms with Crippen molar-refractivity contribution in [3.8, 4) is 0 Å². The van der Waals surface area contributed by atoms with Crippen molar-refractivity contribution in [2.24, 2.45) is 0 Å². The van der Waals surface area contributed by atoms with Gasteiger partial charge < -0.3 is 4.57 Å². The molecule has 19 heavy (non-hydrogen) atoms. The van der Waals surface area contributed by atoms with Gasteiger partial charge in [-0.15, -0.1) is 0 Å². The van der Waals surface area contributed by atoms with E-state index in [1.165, 1.54) is 12.1 Å². The number of aromatic nitrogens is 2. The minimum Gasteiger partial charge on any atom is -0.337 e. The standard InChI is InChI=1S/C13H14N2O3S/c1-3-15-8-12(14-9-15)13(16)10-5-4-6-11(7-10)19(2,17)18/h4-9H,3H2,1-2H3. The van der Waals surface area contributed by atoms with Crippen LogP contribution in [-0.4, -0.2) is 30.0 Å². The van der Waals surface area contributed by atoms with Gasteiger partial charge in [-0.2, -0.15) is 0 Å². The SMILES string of the molecule is CCn1cnc(C(=O)c2cccc(S(C)(=O)=O)c2)c1. The van der Waals surface area contributed by atoms with E-state index < -0.39 is 9.84 Å². The Morgan fingerprint density at radius 2 is 2.11 bits per heavy atom. The molecule has 1 aromatic carbocycles. The van der Waals surface area contributed by atoms with E-state index in [1.807, 2.05) is 6.92 Å². The molecule has 2 rings (SSSR count). The molecule has 0 spiro atoms. The second-order valence-electron chi connectivity index (χ2n) is 4.22. The summed E-state index contributed by atoms with van der Waals surface area (Å²) in [5.74, 6) is -0.280. The van der Waals surface area contributed by atoms with E-state index in [9.17, 15) is 13.2 Å². The number of benzene rings is 1. The predicted molar refractivity (Wildman–Crippen MR) is 70.9 cm³/mol. The lowest BCUT2D eigenvalue weighted by atomic mass is 10.1. The van der Waals surface area contributed by atoms with Crippen LogP contribution in [0.15, 0.2) is 41.7 Å². The van der Waals surface area contributed by atoms with E-state index in [0.29, 0.717) is 11.3 Å². The summed E-state index contributed by atoms with van der Waals surface area (Å²) in [6.45, 7) is 2.67. The molecule has 100 valence electrons. The van der Waals surface area contributed by atoms with Crippen LogP contribution >= 0.6 is 0 Å². The lowest BCUT2D eigenvalue weighted by molar-refractivity contribution is 0.103. The molecular formula is C13H14N2O3S. The largest absolute Gasteiger partial charge is 0.337 e. The Hall–Kier alpha value is -1.95. The average Bonchev–Trinajstić information content (AvgIpc) is 2.86. The number of aryl methyl sites for hydroxylation is 1. The fourth-order valence-electron chi connectivity index (χ4n) is 1.67. The molecule has 5 nitrogen and oxygen atoms in total. The molecule has 0 N–H and O–H groups in total. The lowest BCUT2D eigenvalue weighted by Crippen LogP contribution is -2.04. The number of carbonyl (C=O) groups is 1. The smallest absolute Gasteiger partial charge is 0.212 e. The van der Waals surface area contributed by atoms with Gasteiger partial charge >= 0.3 is 0 Å². The molecule has 0 saturated carbocycles. The van der Waals surface area contributed by atoms with Gasteiger partial charge in [0.25, 0.3) is 0 Å². The van der Waals surface area contributed by atoms with Gasteiger partial charge in [-0.1, -0.05) is 12.1 Å². The highest BCUT2D eigenvalue weighted by Crippen LogP contribution is 2.14. The summed E-state index contributed by atoms with van der Waals surface area (Å²) in [5.41, 5.74) is 0.636. The minimum absolute atomic E-state index is 0.133. The number of nitrogens with zero attached hydrogens (tertiary/aromatic N) is 2. The summed E-state index contributed by atoms with van der Waals surface area (Å²) in [5, 5.41) is 0. The normalized spacial score (nSPS) is 11.5. The zero-order chi connectivity index (χ0) is 14.0. The van der Waals surface area contributed by atoms with Crippen molar-refractivity contribution in [3.05, 3.63) is 48.0 Å². The molecule has 0 aliphatic heterocycles. The van der Waals surface area contributed by atoms with E-state index in [4.69, 9.17) is 0 Å². The number of rotatable bonds is 4. The van der Waals surface area contributed by atoms with Gasteiger partial charge in [-0.3, -0.25) is 4.79 Å². The third-order valence-electron chi connectivity index (χ3n) is 2.76. The zero-order valence-corrected chi connectivity index (χ0v) is 11.5. The zero-order valence-electron chi connectivity index (χ0n) is 10.7. The van der Waals surface area contributed by atoms with Crippen LogP contribution in [0.25, 0.3) is 0 Å². The molecule has 0 atom stereocenters. The average molecular weight is 278 g/mol. The monoisotopic (exact) mass is 278 g/mol. The number of hydrogen-bond donors (Lipinski definition) is 0. The highest BCUT2D eigenvalue weighted by atomic mass is 32.2. The van der Waals surface area contributed by atoms with Crippen molar-refractivity contribution in [3.63, 3.8) is 0 Å². The lowest BCUT2D eigenvalue weighted by Gasteiger charge is -2.01. The fourth-order valence-corrected chi connectivity index (χ4v) is 2.33. The number of ketones is 1. The number of sulfone groups is 1. The first-order valence-electron chi connectivity index (χ1n) is 5.78. The maximum atomic E-state index is 12.2. The van der Waals surface area contributed by atoms with Crippen molar-refractivity contribution in [1.82, 2.24) is 9.55 Å². The second-order valence-corrected chi connectivity index (χ2v) is 6.23. The Morgan fingerprint density at radius 3 is 2.68 bits per heavy atom. The van der Waals surface area contributed by atoms with Gasteiger partial charge in [0.2, 0.25) is 5.78 Å². The molecular weight excluding hydrogens is 264 g/mol. The van der Waals surface area contributed by atoms with Gasteiger partial charge in [-0.05, 0) is 19.1 Å². The molecule has 1 heterocycles. The molecule has 0 fully saturated rings. The topological polar surface area (TPSA) is 69.0 Å². The fraction of sp³-hybridized carbons (Fsp3) is 0.231. The van der Waals surface area contributed by atoms with Crippen LogP contribution in [0.5, 0.6) is 0 Å². The van der Waals surface area contributed by atoms with Gasteiger partial charge in [0.15, 0.2) is 9.84 Å². The number of imidazole rings is 1. The molecule has 6 heteroatoms. The van der Waals surface area contributed by atoms with Crippen LogP contribution in [0.1, 0.15) is 23.0 Å². The molecule has 0 aliphatic carbocycles. The molecule has 2 aromatic rings.